The highest BCUT2D eigenvalue weighted by atomic mass is 32.2. The second-order valence-electron chi connectivity index (χ2n) is 7.17. The molecule has 2 N–H and O–H groups in total. The highest BCUT2D eigenvalue weighted by Gasteiger charge is 2.40. The van der Waals surface area contributed by atoms with Gasteiger partial charge in [0.05, 0.1) is 10.5 Å². The molecule has 0 saturated carbocycles. The van der Waals surface area contributed by atoms with Crippen LogP contribution in [0.2, 0.25) is 0 Å². The number of carbonyl (C=O) groups is 2. The summed E-state index contributed by atoms with van der Waals surface area (Å²) in [5.41, 5.74) is -1.21. The molecule has 2 aliphatic rings. The SMILES string of the molecule is O=C(NC1CCCNC1=O)C1CCN(S(=O)(=O)c2ccccc2C(F)(F)F)CC1. The zero-order chi connectivity index (χ0) is 21.2. The van der Waals surface area contributed by atoms with Crippen molar-refractivity contribution in [2.45, 2.75) is 42.8 Å². The van der Waals surface area contributed by atoms with Gasteiger partial charge in [-0.3, -0.25) is 9.59 Å². The summed E-state index contributed by atoms with van der Waals surface area (Å²) in [7, 11) is -4.34. The number of nitrogens with zero attached hydrogens (tertiary/aromatic N) is 1. The lowest BCUT2D eigenvalue weighted by molar-refractivity contribution is -0.140. The molecule has 29 heavy (non-hydrogen) atoms. The van der Waals surface area contributed by atoms with Gasteiger partial charge in [0, 0.05) is 25.6 Å². The number of carbonyl (C=O) groups excluding carboxylic acids is 2. The van der Waals surface area contributed by atoms with Gasteiger partial charge in [0.25, 0.3) is 0 Å². The summed E-state index contributed by atoms with van der Waals surface area (Å²) in [5.74, 6) is -1.07. The molecule has 0 spiro atoms. The van der Waals surface area contributed by atoms with Gasteiger partial charge in [-0.15, -0.1) is 0 Å². The minimum absolute atomic E-state index is 0.0660. The van der Waals surface area contributed by atoms with E-state index in [0.717, 1.165) is 28.9 Å². The summed E-state index contributed by atoms with van der Waals surface area (Å²) in [6, 6.07) is 3.47. The van der Waals surface area contributed by atoms with Crippen LogP contribution >= 0.6 is 0 Å². The van der Waals surface area contributed by atoms with E-state index >= 15 is 0 Å². The van der Waals surface area contributed by atoms with Crippen LogP contribution in [0.1, 0.15) is 31.2 Å². The van der Waals surface area contributed by atoms with Crippen LogP contribution in [-0.4, -0.2) is 50.2 Å². The number of amides is 2. The standard InChI is InChI=1S/C18H22F3N3O4S/c19-18(20,21)13-4-1-2-6-15(13)29(27,28)24-10-7-12(8-11-24)16(25)23-14-5-3-9-22-17(14)26/h1-2,4,6,12,14H,3,5,7-11H2,(H,22,26)(H,23,25). The molecule has 2 amide bonds. The molecule has 2 aliphatic heterocycles. The Bertz CT molecular complexity index is 881. The number of rotatable bonds is 4. The van der Waals surface area contributed by atoms with E-state index in [1.165, 1.54) is 6.07 Å². The maximum Gasteiger partial charge on any atom is 0.417 e. The predicted molar refractivity (Wildman–Crippen MR) is 97.1 cm³/mol. The van der Waals surface area contributed by atoms with E-state index in [9.17, 15) is 31.2 Å². The molecule has 160 valence electrons. The van der Waals surface area contributed by atoms with E-state index in [4.69, 9.17) is 0 Å². The highest BCUT2D eigenvalue weighted by Crippen LogP contribution is 2.36. The van der Waals surface area contributed by atoms with E-state index in [0.29, 0.717) is 13.0 Å². The van der Waals surface area contributed by atoms with Crippen molar-refractivity contribution in [3.8, 4) is 0 Å². The minimum Gasteiger partial charge on any atom is -0.354 e. The lowest BCUT2D eigenvalue weighted by Gasteiger charge is -2.32. The topological polar surface area (TPSA) is 95.6 Å². The van der Waals surface area contributed by atoms with Crippen molar-refractivity contribution in [3.05, 3.63) is 29.8 Å². The molecule has 0 aliphatic carbocycles. The third-order valence-electron chi connectivity index (χ3n) is 5.24. The van der Waals surface area contributed by atoms with Crippen molar-refractivity contribution in [3.63, 3.8) is 0 Å². The van der Waals surface area contributed by atoms with Crippen LogP contribution in [0.25, 0.3) is 0 Å². The van der Waals surface area contributed by atoms with E-state index in [1.54, 1.807) is 0 Å². The Morgan fingerprint density at radius 2 is 1.79 bits per heavy atom. The fraction of sp³-hybridized carbons (Fsp3) is 0.556. The van der Waals surface area contributed by atoms with Crippen LogP contribution in [-0.2, 0) is 25.8 Å². The monoisotopic (exact) mass is 433 g/mol. The largest absolute Gasteiger partial charge is 0.417 e. The second-order valence-corrected chi connectivity index (χ2v) is 9.07. The maximum atomic E-state index is 13.2. The van der Waals surface area contributed by atoms with Gasteiger partial charge in [-0.05, 0) is 37.8 Å². The molecule has 0 aromatic heterocycles. The smallest absolute Gasteiger partial charge is 0.354 e. The average Bonchev–Trinajstić information content (AvgIpc) is 2.69. The molecule has 7 nitrogen and oxygen atoms in total. The van der Waals surface area contributed by atoms with E-state index in [1.807, 2.05) is 0 Å². The molecule has 3 rings (SSSR count). The zero-order valence-corrected chi connectivity index (χ0v) is 16.4. The van der Waals surface area contributed by atoms with Crippen LogP contribution in [0.5, 0.6) is 0 Å². The average molecular weight is 433 g/mol. The van der Waals surface area contributed by atoms with Crippen LogP contribution < -0.4 is 10.6 Å². The van der Waals surface area contributed by atoms with Crippen molar-refractivity contribution in [2.75, 3.05) is 19.6 Å². The van der Waals surface area contributed by atoms with Gasteiger partial charge in [-0.2, -0.15) is 17.5 Å². The summed E-state index contributed by atoms with van der Waals surface area (Å²) < 4.78 is 66.1. The fourth-order valence-corrected chi connectivity index (χ4v) is 5.30. The van der Waals surface area contributed by atoms with Crippen LogP contribution in [0, 0.1) is 5.92 Å². The van der Waals surface area contributed by atoms with E-state index < -0.39 is 38.6 Å². The molecule has 2 fully saturated rings. The number of hydrogen-bond donors (Lipinski definition) is 2. The summed E-state index contributed by atoms with van der Waals surface area (Å²) >= 11 is 0. The van der Waals surface area contributed by atoms with Crippen LogP contribution in [0.15, 0.2) is 29.2 Å². The van der Waals surface area contributed by atoms with Gasteiger partial charge in [-0.1, -0.05) is 12.1 Å². The summed E-state index contributed by atoms with van der Waals surface area (Å²) in [6.07, 6.45) is -3.14. The molecule has 1 unspecified atom stereocenters. The van der Waals surface area contributed by atoms with Gasteiger partial charge in [-0.25, -0.2) is 8.42 Å². The highest BCUT2D eigenvalue weighted by molar-refractivity contribution is 7.89. The molecule has 0 radical (unpaired) electrons. The summed E-state index contributed by atoms with van der Waals surface area (Å²) in [4.78, 5) is 23.4. The van der Waals surface area contributed by atoms with Gasteiger partial charge < -0.3 is 10.6 Å². The van der Waals surface area contributed by atoms with E-state index in [-0.39, 0.29) is 37.7 Å². The first-order valence-electron chi connectivity index (χ1n) is 9.35. The molecule has 2 heterocycles. The summed E-state index contributed by atoms with van der Waals surface area (Å²) in [6.45, 7) is 0.438. The molecular formula is C18H22F3N3O4S. The number of benzene rings is 1. The van der Waals surface area contributed by atoms with Crippen LogP contribution in [0.4, 0.5) is 13.2 Å². The Morgan fingerprint density at radius 1 is 1.14 bits per heavy atom. The number of piperidine rings is 2. The van der Waals surface area contributed by atoms with Gasteiger partial charge >= 0.3 is 6.18 Å². The Balaban J connectivity index is 1.66. The van der Waals surface area contributed by atoms with Gasteiger partial charge in [0.1, 0.15) is 6.04 Å². The lowest BCUT2D eigenvalue weighted by Crippen LogP contribution is -2.52. The molecule has 1 aromatic rings. The first kappa shape index (κ1) is 21.6. The van der Waals surface area contributed by atoms with Gasteiger partial charge in [0.15, 0.2) is 0 Å². The third kappa shape index (κ3) is 4.72. The Morgan fingerprint density at radius 3 is 2.41 bits per heavy atom. The zero-order valence-electron chi connectivity index (χ0n) is 15.5. The Hall–Kier alpha value is -2.14. The normalized spacial score (nSPS) is 22.2. The van der Waals surface area contributed by atoms with Crippen molar-refractivity contribution >= 4 is 21.8 Å². The summed E-state index contributed by atoms with van der Waals surface area (Å²) in [5, 5.41) is 5.35. The minimum atomic E-state index is -4.79. The lowest BCUT2D eigenvalue weighted by atomic mass is 9.96. The number of nitrogens with one attached hydrogen (secondary N) is 2. The maximum absolute atomic E-state index is 13.2. The Labute approximate surface area is 166 Å². The van der Waals surface area contributed by atoms with Crippen LogP contribution in [0.3, 0.4) is 0 Å². The predicted octanol–water partition coefficient (Wildman–Crippen LogP) is 1.50. The van der Waals surface area contributed by atoms with E-state index in [2.05, 4.69) is 10.6 Å². The number of alkyl halides is 3. The number of hydrogen-bond acceptors (Lipinski definition) is 4. The van der Waals surface area contributed by atoms with Crippen molar-refractivity contribution in [1.29, 1.82) is 0 Å². The fourth-order valence-electron chi connectivity index (χ4n) is 3.62. The molecular weight excluding hydrogens is 411 g/mol. The molecule has 1 atom stereocenters. The van der Waals surface area contributed by atoms with Crippen molar-refractivity contribution in [1.82, 2.24) is 14.9 Å². The number of halogens is 3. The first-order chi connectivity index (χ1) is 13.6. The van der Waals surface area contributed by atoms with Crippen molar-refractivity contribution < 1.29 is 31.2 Å². The molecule has 2 saturated heterocycles. The molecule has 0 bridgehead atoms. The van der Waals surface area contributed by atoms with Gasteiger partial charge in [0.2, 0.25) is 21.8 Å². The number of sulfonamides is 1. The first-order valence-corrected chi connectivity index (χ1v) is 10.8. The molecule has 11 heteroatoms. The Kier molecular flexibility index (Phi) is 6.18. The third-order valence-corrected chi connectivity index (χ3v) is 7.19. The van der Waals surface area contributed by atoms with Crippen molar-refractivity contribution in [2.24, 2.45) is 5.92 Å². The second kappa shape index (κ2) is 8.31. The quantitative estimate of drug-likeness (QED) is 0.752. The molecule has 1 aromatic carbocycles.